The molecule has 144 valence electrons. The number of likely N-dealkylation sites (tertiary alicyclic amines) is 1. The van der Waals surface area contributed by atoms with E-state index in [2.05, 4.69) is 42.4 Å². The molecule has 5 nitrogen and oxygen atoms in total. The van der Waals surface area contributed by atoms with Gasteiger partial charge in [-0.3, -0.25) is 0 Å². The van der Waals surface area contributed by atoms with Crippen LogP contribution in [0.25, 0.3) is 0 Å². The summed E-state index contributed by atoms with van der Waals surface area (Å²) in [6, 6.07) is 2.59. The lowest BCUT2D eigenvalue weighted by Gasteiger charge is -2.34. The molecule has 1 saturated heterocycles. The number of piperidine rings is 1. The zero-order valence-corrected chi connectivity index (χ0v) is 18.7. The van der Waals surface area contributed by atoms with E-state index in [1.807, 2.05) is 13.8 Å². The quantitative estimate of drug-likeness (QED) is 0.385. The van der Waals surface area contributed by atoms with E-state index in [4.69, 9.17) is 9.41 Å². The maximum absolute atomic E-state index is 5.58. The molecule has 1 aromatic heterocycles. The number of hydrogen-bond acceptors (Lipinski definition) is 3. The summed E-state index contributed by atoms with van der Waals surface area (Å²) >= 11 is 0. The van der Waals surface area contributed by atoms with Crippen LogP contribution in [0.15, 0.2) is 15.5 Å². The van der Waals surface area contributed by atoms with Gasteiger partial charge in [0.15, 0.2) is 5.96 Å². The van der Waals surface area contributed by atoms with Crippen molar-refractivity contribution in [3.63, 3.8) is 0 Å². The first-order valence-electron chi connectivity index (χ1n) is 9.31. The lowest BCUT2D eigenvalue weighted by molar-refractivity contribution is 0.187. The van der Waals surface area contributed by atoms with E-state index in [0.29, 0.717) is 12.6 Å². The van der Waals surface area contributed by atoms with Gasteiger partial charge in [-0.1, -0.05) is 13.8 Å². The first-order chi connectivity index (χ1) is 11.5. The second kappa shape index (κ2) is 11.1. The minimum atomic E-state index is 0. The summed E-state index contributed by atoms with van der Waals surface area (Å²) in [6.07, 6.45) is 2.36. The predicted molar refractivity (Wildman–Crippen MR) is 116 cm³/mol. The van der Waals surface area contributed by atoms with Crippen LogP contribution in [-0.2, 0) is 6.54 Å². The van der Waals surface area contributed by atoms with E-state index < -0.39 is 0 Å². The summed E-state index contributed by atoms with van der Waals surface area (Å²) in [7, 11) is 0. The van der Waals surface area contributed by atoms with Gasteiger partial charge in [0.2, 0.25) is 0 Å². The van der Waals surface area contributed by atoms with Crippen LogP contribution < -0.4 is 10.6 Å². The molecule has 1 aliphatic rings. The van der Waals surface area contributed by atoms with Crippen molar-refractivity contribution in [2.75, 3.05) is 26.2 Å². The van der Waals surface area contributed by atoms with Crippen molar-refractivity contribution in [1.29, 1.82) is 0 Å². The molecule has 0 radical (unpaired) electrons. The Balaban J connectivity index is 0.00000312. The number of nitrogens with zero attached hydrogens (tertiary/aromatic N) is 2. The van der Waals surface area contributed by atoms with Crippen molar-refractivity contribution in [3.05, 3.63) is 23.2 Å². The van der Waals surface area contributed by atoms with Gasteiger partial charge in [0.25, 0.3) is 0 Å². The van der Waals surface area contributed by atoms with Gasteiger partial charge in [0.1, 0.15) is 11.5 Å². The van der Waals surface area contributed by atoms with Crippen LogP contribution in [0.5, 0.6) is 0 Å². The zero-order chi connectivity index (χ0) is 17.5. The number of halogens is 1. The summed E-state index contributed by atoms with van der Waals surface area (Å²) < 4.78 is 5.58. The topological polar surface area (TPSA) is 52.8 Å². The summed E-state index contributed by atoms with van der Waals surface area (Å²) in [6.45, 7) is 15.8. The van der Waals surface area contributed by atoms with E-state index in [-0.39, 0.29) is 24.0 Å². The molecule has 2 heterocycles. The molecule has 0 atom stereocenters. The van der Waals surface area contributed by atoms with Gasteiger partial charge in [-0.05, 0) is 45.6 Å². The van der Waals surface area contributed by atoms with E-state index in [1.165, 1.54) is 32.5 Å². The van der Waals surface area contributed by atoms with Gasteiger partial charge in [0.05, 0.1) is 6.54 Å². The minimum absolute atomic E-state index is 0. The highest BCUT2D eigenvalue weighted by atomic mass is 127. The Kier molecular flexibility index (Phi) is 9.86. The van der Waals surface area contributed by atoms with Crippen molar-refractivity contribution >= 4 is 29.9 Å². The smallest absolute Gasteiger partial charge is 0.191 e. The number of furan rings is 1. The summed E-state index contributed by atoms with van der Waals surface area (Å²) in [5.74, 6) is 3.58. The van der Waals surface area contributed by atoms with E-state index in [1.54, 1.807) is 0 Å². The number of nitrogens with one attached hydrogen (secondary N) is 2. The SMILES string of the molecule is CCNC(=NCc1cc(C)oc1C)NC1CCN(CC(C)C)CC1.I. The fraction of sp³-hybridized carbons (Fsp3) is 0.737. The second-order valence-corrected chi connectivity index (χ2v) is 7.25. The van der Waals surface area contributed by atoms with Crippen LogP contribution >= 0.6 is 24.0 Å². The molecule has 0 saturated carbocycles. The Morgan fingerprint density at radius 3 is 2.52 bits per heavy atom. The molecule has 0 aromatic carbocycles. The van der Waals surface area contributed by atoms with Gasteiger partial charge in [-0.25, -0.2) is 4.99 Å². The van der Waals surface area contributed by atoms with Gasteiger partial charge in [-0.15, -0.1) is 24.0 Å². The lowest BCUT2D eigenvalue weighted by atomic mass is 10.0. The van der Waals surface area contributed by atoms with E-state index >= 15 is 0 Å². The first kappa shape index (κ1) is 22.3. The highest BCUT2D eigenvalue weighted by Gasteiger charge is 2.20. The molecule has 2 rings (SSSR count). The maximum atomic E-state index is 5.58. The van der Waals surface area contributed by atoms with Crippen LogP contribution in [0.2, 0.25) is 0 Å². The van der Waals surface area contributed by atoms with Crippen LogP contribution in [0.3, 0.4) is 0 Å². The summed E-state index contributed by atoms with van der Waals surface area (Å²) in [4.78, 5) is 7.31. The van der Waals surface area contributed by atoms with Crippen LogP contribution in [-0.4, -0.2) is 43.1 Å². The van der Waals surface area contributed by atoms with Crippen LogP contribution in [0, 0.1) is 19.8 Å². The Hall–Kier alpha value is -0.760. The third-order valence-electron chi connectivity index (χ3n) is 4.45. The molecule has 0 amide bonds. The largest absolute Gasteiger partial charge is 0.466 e. The first-order valence-corrected chi connectivity index (χ1v) is 9.31. The monoisotopic (exact) mass is 462 g/mol. The predicted octanol–water partition coefficient (Wildman–Crippen LogP) is 3.69. The molecular formula is C19H35IN4O. The summed E-state index contributed by atoms with van der Waals surface area (Å²) in [5.41, 5.74) is 1.16. The normalized spacial score (nSPS) is 16.8. The van der Waals surface area contributed by atoms with Crippen molar-refractivity contribution in [3.8, 4) is 0 Å². The molecule has 1 fully saturated rings. The standard InChI is InChI=1S/C19H34N4O.HI/c1-6-20-19(21-12-17-11-15(4)24-16(17)5)22-18-7-9-23(10-8-18)13-14(2)3;/h11,14,18H,6-10,12-13H2,1-5H3,(H2,20,21,22);1H. The van der Waals surface area contributed by atoms with E-state index in [9.17, 15) is 0 Å². The van der Waals surface area contributed by atoms with Crippen molar-refractivity contribution in [2.45, 2.75) is 60.0 Å². The molecule has 2 N–H and O–H groups in total. The Bertz CT molecular complexity index is 534. The van der Waals surface area contributed by atoms with Crippen LogP contribution in [0.4, 0.5) is 0 Å². The number of aliphatic imine (C=N–C) groups is 1. The molecule has 6 heteroatoms. The van der Waals surface area contributed by atoms with Crippen molar-refractivity contribution < 1.29 is 4.42 Å². The fourth-order valence-corrected chi connectivity index (χ4v) is 3.29. The number of rotatable bonds is 6. The Morgan fingerprint density at radius 2 is 2.00 bits per heavy atom. The molecule has 1 aromatic rings. The lowest BCUT2D eigenvalue weighted by Crippen LogP contribution is -2.49. The van der Waals surface area contributed by atoms with Gasteiger partial charge >= 0.3 is 0 Å². The second-order valence-electron chi connectivity index (χ2n) is 7.25. The number of aryl methyl sites for hydroxylation is 2. The average molecular weight is 462 g/mol. The molecule has 0 bridgehead atoms. The van der Waals surface area contributed by atoms with Gasteiger partial charge in [-0.2, -0.15) is 0 Å². The molecular weight excluding hydrogens is 427 g/mol. The Morgan fingerprint density at radius 1 is 1.32 bits per heavy atom. The third-order valence-corrected chi connectivity index (χ3v) is 4.45. The molecule has 1 aliphatic heterocycles. The van der Waals surface area contributed by atoms with Crippen molar-refractivity contribution in [2.24, 2.45) is 10.9 Å². The molecule has 0 spiro atoms. The third kappa shape index (κ3) is 7.56. The zero-order valence-electron chi connectivity index (χ0n) is 16.4. The maximum Gasteiger partial charge on any atom is 0.191 e. The van der Waals surface area contributed by atoms with Gasteiger partial charge in [0, 0.05) is 37.8 Å². The highest BCUT2D eigenvalue weighted by Crippen LogP contribution is 2.15. The molecule has 0 unspecified atom stereocenters. The number of guanidine groups is 1. The van der Waals surface area contributed by atoms with Crippen molar-refractivity contribution in [1.82, 2.24) is 15.5 Å². The summed E-state index contributed by atoms with van der Waals surface area (Å²) in [5, 5.41) is 6.97. The molecule has 25 heavy (non-hydrogen) atoms. The van der Waals surface area contributed by atoms with E-state index in [0.717, 1.165) is 35.5 Å². The average Bonchev–Trinajstić information content (AvgIpc) is 2.84. The van der Waals surface area contributed by atoms with Gasteiger partial charge < -0.3 is 20.0 Å². The fourth-order valence-electron chi connectivity index (χ4n) is 3.29. The number of hydrogen-bond donors (Lipinski definition) is 2. The Labute approximate surface area is 170 Å². The highest BCUT2D eigenvalue weighted by molar-refractivity contribution is 14.0. The minimum Gasteiger partial charge on any atom is -0.466 e. The van der Waals surface area contributed by atoms with Crippen LogP contribution in [0.1, 0.15) is 50.7 Å². The molecule has 0 aliphatic carbocycles.